The van der Waals surface area contributed by atoms with Gasteiger partial charge in [-0.3, -0.25) is 19.6 Å². The molecule has 0 N–H and O–H groups in total. The van der Waals surface area contributed by atoms with Gasteiger partial charge in [0.05, 0.1) is 24.8 Å². The fraction of sp³-hybridized carbons (Fsp3) is 0.455. The number of carbonyl (C=O) groups excluding carboxylic acids is 1. The zero-order valence-electron chi connectivity index (χ0n) is 16.3. The molecular formula is C22H25ClN4O2. The van der Waals surface area contributed by atoms with Crippen molar-refractivity contribution >= 4 is 17.5 Å². The van der Waals surface area contributed by atoms with Crippen LogP contribution in [-0.4, -0.2) is 83.1 Å². The molecule has 0 radical (unpaired) electrons. The van der Waals surface area contributed by atoms with Gasteiger partial charge in [-0.1, -0.05) is 17.7 Å². The zero-order chi connectivity index (χ0) is 19.8. The molecule has 1 aromatic carbocycles. The normalized spacial score (nSPS) is 24.2. The van der Waals surface area contributed by atoms with Gasteiger partial charge in [-0.25, -0.2) is 0 Å². The van der Waals surface area contributed by atoms with E-state index < -0.39 is 0 Å². The van der Waals surface area contributed by atoms with Crippen molar-refractivity contribution in [2.24, 2.45) is 0 Å². The minimum atomic E-state index is 0.0109. The van der Waals surface area contributed by atoms with Gasteiger partial charge >= 0.3 is 0 Å². The van der Waals surface area contributed by atoms with Gasteiger partial charge in [-0.05, 0) is 35.9 Å². The molecule has 29 heavy (non-hydrogen) atoms. The molecule has 152 valence electrons. The van der Waals surface area contributed by atoms with E-state index in [1.54, 1.807) is 18.3 Å². The lowest BCUT2D eigenvalue weighted by Gasteiger charge is -2.63. The molecule has 1 atom stereocenters. The van der Waals surface area contributed by atoms with E-state index in [9.17, 15) is 4.79 Å². The van der Waals surface area contributed by atoms with Gasteiger partial charge in [0.2, 0.25) is 0 Å². The van der Waals surface area contributed by atoms with Gasteiger partial charge in [-0.2, -0.15) is 0 Å². The number of fused-ring (bicyclic) bond motifs is 2. The second-order valence-corrected chi connectivity index (χ2v) is 8.78. The van der Waals surface area contributed by atoms with Crippen LogP contribution in [-0.2, 0) is 11.3 Å². The standard InChI is InChI=1S/C22H25ClN4O2/c23-19-5-3-18(4-6-19)21(28)26-12-20-13-29-9-8-27(20)22(16-26)14-25(15-22)11-17-2-1-7-24-10-17/h1-7,10,20H,8-9,11-16H2. The lowest BCUT2D eigenvalue weighted by Crippen LogP contribution is -2.80. The van der Waals surface area contributed by atoms with Crippen LogP contribution in [0.25, 0.3) is 0 Å². The van der Waals surface area contributed by atoms with Crippen LogP contribution in [0.5, 0.6) is 0 Å². The summed E-state index contributed by atoms with van der Waals surface area (Å²) >= 11 is 5.99. The van der Waals surface area contributed by atoms with Gasteiger partial charge in [0.15, 0.2) is 0 Å². The minimum Gasteiger partial charge on any atom is -0.378 e. The Kier molecular flexibility index (Phi) is 5.04. The summed E-state index contributed by atoms with van der Waals surface area (Å²) < 4.78 is 5.75. The van der Waals surface area contributed by atoms with Crippen molar-refractivity contribution in [2.75, 3.05) is 45.9 Å². The lowest BCUT2D eigenvalue weighted by molar-refractivity contribution is -0.160. The monoisotopic (exact) mass is 412 g/mol. The number of amides is 1. The maximum Gasteiger partial charge on any atom is 0.253 e. The van der Waals surface area contributed by atoms with Crippen molar-refractivity contribution < 1.29 is 9.53 Å². The van der Waals surface area contributed by atoms with Crippen molar-refractivity contribution in [2.45, 2.75) is 18.1 Å². The Labute approximate surface area is 176 Å². The average molecular weight is 413 g/mol. The van der Waals surface area contributed by atoms with E-state index in [0.717, 1.165) is 39.3 Å². The summed E-state index contributed by atoms with van der Waals surface area (Å²) in [7, 11) is 0. The predicted molar refractivity (Wildman–Crippen MR) is 111 cm³/mol. The van der Waals surface area contributed by atoms with Crippen LogP contribution >= 0.6 is 11.6 Å². The second-order valence-electron chi connectivity index (χ2n) is 8.35. The van der Waals surface area contributed by atoms with Crippen molar-refractivity contribution in [3.05, 3.63) is 64.9 Å². The molecular weight excluding hydrogens is 388 g/mol. The number of piperazine rings is 1. The molecule has 2 aromatic rings. The van der Waals surface area contributed by atoms with Crippen molar-refractivity contribution in [3.8, 4) is 0 Å². The maximum absolute atomic E-state index is 13.2. The number of hydrogen-bond donors (Lipinski definition) is 0. The number of pyridine rings is 1. The first-order valence-electron chi connectivity index (χ1n) is 10.1. The number of likely N-dealkylation sites (tertiary alicyclic amines) is 1. The number of morpholine rings is 1. The van der Waals surface area contributed by atoms with Gasteiger partial charge in [-0.15, -0.1) is 0 Å². The van der Waals surface area contributed by atoms with Gasteiger partial charge in [0, 0.05) is 62.2 Å². The summed E-state index contributed by atoms with van der Waals surface area (Å²) in [5, 5.41) is 0.647. The molecule has 1 amide bonds. The van der Waals surface area contributed by atoms with E-state index in [-0.39, 0.29) is 17.5 Å². The highest BCUT2D eigenvalue weighted by Gasteiger charge is 2.54. The van der Waals surface area contributed by atoms with E-state index in [2.05, 4.69) is 20.9 Å². The Morgan fingerprint density at radius 2 is 2.03 bits per heavy atom. The summed E-state index contributed by atoms with van der Waals surface area (Å²) in [5.41, 5.74) is 1.93. The second kappa shape index (κ2) is 7.69. The molecule has 5 rings (SSSR count). The number of aromatic nitrogens is 1. The molecule has 3 fully saturated rings. The molecule has 1 unspecified atom stereocenters. The third-order valence-corrected chi connectivity index (χ3v) is 6.55. The predicted octanol–water partition coefficient (Wildman–Crippen LogP) is 2.15. The smallest absolute Gasteiger partial charge is 0.253 e. The lowest BCUT2D eigenvalue weighted by atomic mass is 9.82. The number of rotatable bonds is 3. The van der Waals surface area contributed by atoms with Crippen LogP contribution in [0.4, 0.5) is 0 Å². The Balaban J connectivity index is 1.33. The van der Waals surface area contributed by atoms with E-state index >= 15 is 0 Å². The van der Waals surface area contributed by atoms with E-state index in [4.69, 9.17) is 16.3 Å². The fourth-order valence-corrected chi connectivity index (χ4v) is 5.18. The third-order valence-electron chi connectivity index (χ3n) is 6.30. The highest BCUT2D eigenvalue weighted by molar-refractivity contribution is 6.30. The summed E-state index contributed by atoms with van der Waals surface area (Å²) in [6, 6.07) is 11.6. The topological polar surface area (TPSA) is 48.9 Å². The highest BCUT2D eigenvalue weighted by Crippen LogP contribution is 2.36. The largest absolute Gasteiger partial charge is 0.378 e. The van der Waals surface area contributed by atoms with Crippen molar-refractivity contribution in [3.63, 3.8) is 0 Å². The molecule has 7 heteroatoms. The number of ether oxygens (including phenoxy) is 1. The summed E-state index contributed by atoms with van der Waals surface area (Å²) in [5.74, 6) is 0.0805. The van der Waals surface area contributed by atoms with Gasteiger partial charge in [0.25, 0.3) is 5.91 Å². The molecule has 0 bridgehead atoms. The minimum absolute atomic E-state index is 0.0109. The Morgan fingerprint density at radius 1 is 1.21 bits per heavy atom. The molecule has 3 aliphatic heterocycles. The fourth-order valence-electron chi connectivity index (χ4n) is 5.05. The quantitative estimate of drug-likeness (QED) is 0.773. The third kappa shape index (κ3) is 3.66. The SMILES string of the molecule is O=C(c1ccc(Cl)cc1)N1CC2COCCN2C2(CN(Cc3cccnc3)C2)C1. The number of halogens is 1. The van der Waals surface area contributed by atoms with Crippen LogP contribution in [0.15, 0.2) is 48.8 Å². The molecule has 3 aliphatic rings. The molecule has 0 saturated carbocycles. The van der Waals surface area contributed by atoms with Crippen LogP contribution in [0.3, 0.4) is 0 Å². The molecule has 3 saturated heterocycles. The number of hydrogen-bond acceptors (Lipinski definition) is 5. The first kappa shape index (κ1) is 19.0. The number of nitrogens with zero attached hydrogens (tertiary/aromatic N) is 4. The molecule has 6 nitrogen and oxygen atoms in total. The maximum atomic E-state index is 13.2. The molecule has 4 heterocycles. The Hall–Kier alpha value is -1.99. The first-order chi connectivity index (χ1) is 14.1. The highest BCUT2D eigenvalue weighted by atomic mass is 35.5. The van der Waals surface area contributed by atoms with Gasteiger partial charge in [0.1, 0.15) is 0 Å². The van der Waals surface area contributed by atoms with Crippen LogP contribution in [0.2, 0.25) is 5.02 Å². The van der Waals surface area contributed by atoms with Gasteiger partial charge < -0.3 is 9.64 Å². The first-order valence-corrected chi connectivity index (χ1v) is 10.5. The van der Waals surface area contributed by atoms with Crippen molar-refractivity contribution in [1.29, 1.82) is 0 Å². The molecule has 0 aliphatic carbocycles. The molecule has 1 aromatic heterocycles. The zero-order valence-corrected chi connectivity index (χ0v) is 17.1. The molecule has 1 spiro atoms. The van der Waals surface area contributed by atoms with Crippen LogP contribution < -0.4 is 0 Å². The van der Waals surface area contributed by atoms with Crippen molar-refractivity contribution in [1.82, 2.24) is 19.7 Å². The number of benzene rings is 1. The Bertz CT molecular complexity index is 870. The number of carbonyl (C=O) groups is 1. The van der Waals surface area contributed by atoms with Crippen LogP contribution in [0.1, 0.15) is 15.9 Å². The van der Waals surface area contributed by atoms with E-state index in [1.165, 1.54) is 5.56 Å². The summed E-state index contributed by atoms with van der Waals surface area (Å²) in [6.45, 7) is 6.69. The Morgan fingerprint density at radius 3 is 2.79 bits per heavy atom. The van der Waals surface area contributed by atoms with Crippen LogP contribution in [0, 0.1) is 0 Å². The summed E-state index contributed by atoms with van der Waals surface area (Å²) in [6.07, 6.45) is 3.74. The average Bonchev–Trinajstić information content (AvgIpc) is 2.73. The summed E-state index contributed by atoms with van der Waals surface area (Å²) in [4.78, 5) is 24.5. The van der Waals surface area contributed by atoms with E-state index in [1.807, 2.05) is 29.3 Å². The van der Waals surface area contributed by atoms with E-state index in [0.29, 0.717) is 23.7 Å².